The number of nitrogens with zero attached hydrogens (tertiary/aromatic N) is 1. The van der Waals surface area contributed by atoms with Crippen molar-refractivity contribution in [3.63, 3.8) is 0 Å². The minimum Gasteiger partial charge on any atom is -0.497 e. The van der Waals surface area contributed by atoms with Crippen molar-refractivity contribution in [2.45, 2.75) is 12.8 Å². The van der Waals surface area contributed by atoms with Crippen LogP contribution in [0, 0.1) is 11.3 Å². The smallest absolute Gasteiger partial charge is 0.173 e. The van der Waals surface area contributed by atoms with Crippen molar-refractivity contribution in [2.24, 2.45) is 0 Å². The lowest BCUT2D eigenvalue weighted by molar-refractivity contribution is -0.114. The molecule has 0 bridgehead atoms. The summed E-state index contributed by atoms with van der Waals surface area (Å²) in [5.74, 6) is 0.707. The number of benzene rings is 1. The molecule has 0 heterocycles. The molecule has 0 amide bonds. The number of carbonyl (C=O) groups excluding carboxylic acids is 1. The van der Waals surface area contributed by atoms with Gasteiger partial charge in [-0.25, -0.2) is 0 Å². The molecule has 0 saturated carbocycles. The van der Waals surface area contributed by atoms with E-state index < -0.39 is 0 Å². The number of nitriles is 1. The van der Waals surface area contributed by atoms with Crippen LogP contribution in [0.3, 0.4) is 0 Å². The first-order valence-corrected chi connectivity index (χ1v) is 5.02. The molecule has 0 spiro atoms. The maximum Gasteiger partial charge on any atom is 0.173 e. The van der Waals surface area contributed by atoms with Crippen LogP contribution in [-0.2, 0) is 11.2 Å². The lowest BCUT2D eigenvalue weighted by atomic mass is 10.1. The standard InChI is InChI=1S/C13H11NO2/c1-16-12-3-2-9-6-11(7-10(9)8-12)13(15)4-5-14/h2-3,6,8H,4,7H2,1H3. The van der Waals surface area contributed by atoms with E-state index in [4.69, 9.17) is 10.00 Å². The Morgan fingerprint density at radius 3 is 3.06 bits per heavy atom. The van der Waals surface area contributed by atoms with E-state index in [1.54, 1.807) is 7.11 Å². The molecule has 0 N–H and O–H groups in total. The van der Waals surface area contributed by atoms with E-state index in [1.165, 1.54) is 0 Å². The minimum atomic E-state index is -0.0855. The van der Waals surface area contributed by atoms with E-state index in [0.29, 0.717) is 12.0 Å². The summed E-state index contributed by atoms with van der Waals surface area (Å²) in [6, 6.07) is 7.61. The Balaban J connectivity index is 2.23. The molecule has 0 aliphatic heterocycles. The highest BCUT2D eigenvalue weighted by molar-refractivity contribution is 6.02. The highest BCUT2D eigenvalue weighted by Crippen LogP contribution is 2.29. The fraction of sp³-hybridized carbons (Fsp3) is 0.231. The first kappa shape index (κ1) is 10.4. The van der Waals surface area contributed by atoms with Gasteiger partial charge in [-0.05, 0) is 29.3 Å². The molecular formula is C13H11NO2. The molecule has 0 atom stereocenters. The molecule has 0 aromatic heterocycles. The van der Waals surface area contributed by atoms with Crippen molar-refractivity contribution in [3.8, 4) is 11.8 Å². The van der Waals surface area contributed by atoms with Gasteiger partial charge in [-0.15, -0.1) is 0 Å². The van der Waals surface area contributed by atoms with Crippen LogP contribution in [0.25, 0.3) is 6.08 Å². The van der Waals surface area contributed by atoms with Crippen molar-refractivity contribution in [1.82, 2.24) is 0 Å². The summed E-state index contributed by atoms with van der Waals surface area (Å²) in [6.45, 7) is 0. The second-order valence-corrected chi connectivity index (χ2v) is 3.67. The van der Waals surface area contributed by atoms with E-state index in [0.717, 1.165) is 16.9 Å². The zero-order valence-electron chi connectivity index (χ0n) is 8.99. The summed E-state index contributed by atoms with van der Waals surface area (Å²) >= 11 is 0. The van der Waals surface area contributed by atoms with Gasteiger partial charge >= 0.3 is 0 Å². The molecular weight excluding hydrogens is 202 g/mol. The lowest BCUT2D eigenvalue weighted by Crippen LogP contribution is -2.00. The first-order chi connectivity index (χ1) is 7.74. The van der Waals surface area contributed by atoms with Crippen molar-refractivity contribution in [3.05, 3.63) is 34.9 Å². The maximum absolute atomic E-state index is 11.5. The third-order valence-electron chi connectivity index (χ3n) is 2.66. The van der Waals surface area contributed by atoms with Gasteiger partial charge in [-0.3, -0.25) is 4.79 Å². The molecule has 0 unspecified atom stereocenters. The van der Waals surface area contributed by atoms with Gasteiger partial charge in [0.25, 0.3) is 0 Å². The Hall–Kier alpha value is -2.08. The van der Waals surface area contributed by atoms with E-state index in [2.05, 4.69) is 0 Å². The quantitative estimate of drug-likeness (QED) is 0.772. The summed E-state index contributed by atoms with van der Waals surface area (Å²) in [6.07, 6.45) is 2.42. The summed E-state index contributed by atoms with van der Waals surface area (Å²) in [5, 5.41) is 8.48. The Kier molecular flexibility index (Phi) is 2.74. The number of carbonyl (C=O) groups is 1. The Labute approximate surface area is 94.0 Å². The summed E-state index contributed by atoms with van der Waals surface area (Å²) in [5.41, 5.74) is 2.84. The largest absolute Gasteiger partial charge is 0.497 e. The van der Waals surface area contributed by atoms with E-state index in [1.807, 2.05) is 30.3 Å². The predicted molar refractivity (Wildman–Crippen MR) is 59.9 cm³/mol. The second-order valence-electron chi connectivity index (χ2n) is 3.67. The number of allylic oxidation sites excluding steroid dienone is 1. The molecule has 16 heavy (non-hydrogen) atoms. The monoisotopic (exact) mass is 213 g/mol. The van der Waals surface area contributed by atoms with Gasteiger partial charge < -0.3 is 4.74 Å². The third-order valence-corrected chi connectivity index (χ3v) is 2.66. The average Bonchev–Trinajstić information content (AvgIpc) is 2.71. The molecule has 0 saturated heterocycles. The maximum atomic E-state index is 11.5. The van der Waals surface area contributed by atoms with Crippen molar-refractivity contribution < 1.29 is 9.53 Å². The Morgan fingerprint density at radius 1 is 1.56 bits per heavy atom. The van der Waals surface area contributed by atoms with Crippen molar-refractivity contribution in [2.75, 3.05) is 7.11 Å². The SMILES string of the molecule is COc1ccc2c(c1)CC(C(=O)CC#N)=C2. The van der Waals surface area contributed by atoms with Crippen molar-refractivity contribution >= 4 is 11.9 Å². The number of hydrogen-bond donors (Lipinski definition) is 0. The molecule has 0 radical (unpaired) electrons. The average molecular weight is 213 g/mol. The van der Waals surface area contributed by atoms with Crippen LogP contribution in [0.1, 0.15) is 17.5 Å². The predicted octanol–water partition coefficient (Wildman–Crippen LogP) is 2.12. The van der Waals surface area contributed by atoms with Gasteiger partial charge in [0.2, 0.25) is 0 Å². The molecule has 1 aliphatic carbocycles. The fourth-order valence-electron chi connectivity index (χ4n) is 1.81. The summed E-state index contributed by atoms with van der Waals surface area (Å²) < 4.78 is 5.12. The molecule has 1 aromatic carbocycles. The number of fused-ring (bicyclic) bond motifs is 1. The molecule has 1 aromatic rings. The number of ketones is 1. The lowest BCUT2D eigenvalue weighted by Gasteiger charge is -2.02. The molecule has 2 rings (SSSR count). The van der Waals surface area contributed by atoms with Crippen LogP contribution in [0.5, 0.6) is 5.75 Å². The second kappa shape index (κ2) is 4.19. The number of Topliss-reactive ketones (excluding diaryl/α,β-unsaturated/α-hetero) is 1. The summed E-state index contributed by atoms with van der Waals surface area (Å²) in [4.78, 5) is 11.5. The highest BCUT2D eigenvalue weighted by Gasteiger charge is 2.18. The molecule has 1 aliphatic rings. The van der Waals surface area contributed by atoms with Gasteiger partial charge in [0, 0.05) is 12.0 Å². The van der Waals surface area contributed by atoms with Crippen LogP contribution in [0.4, 0.5) is 0 Å². The van der Waals surface area contributed by atoms with Crippen molar-refractivity contribution in [1.29, 1.82) is 5.26 Å². The minimum absolute atomic E-state index is 0.0447. The van der Waals surface area contributed by atoms with Gasteiger partial charge in [-0.2, -0.15) is 5.26 Å². The fourth-order valence-corrected chi connectivity index (χ4v) is 1.81. The topological polar surface area (TPSA) is 50.1 Å². The molecule has 3 nitrogen and oxygen atoms in total. The highest BCUT2D eigenvalue weighted by atomic mass is 16.5. The zero-order chi connectivity index (χ0) is 11.5. The third kappa shape index (κ3) is 1.82. The summed E-state index contributed by atoms with van der Waals surface area (Å²) in [7, 11) is 1.62. The first-order valence-electron chi connectivity index (χ1n) is 5.02. The normalized spacial score (nSPS) is 12.6. The molecule has 3 heteroatoms. The Morgan fingerprint density at radius 2 is 2.38 bits per heavy atom. The van der Waals surface area contributed by atoms with Gasteiger partial charge in [-0.1, -0.05) is 6.07 Å². The number of methoxy groups -OCH3 is 1. The van der Waals surface area contributed by atoms with Gasteiger partial charge in [0.15, 0.2) is 5.78 Å². The Bertz CT molecular complexity index is 509. The van der Waals surface area contributed by atoms with E-state index in [-0.39, 0.29) is 12.2 Å². The van der Waals surface area contributed by atoms with Gasteiger partial charge in [0.05, 0.1) is 19.6 Å². The van der Waals surface area contributed by atoms with Gasteiger partial charge in [0.1, 0.15) is 5.75 Å². The number of hydrogen-bond acceptors (Lipinski definition) is 3. The molecule has 0 fully saturated rings. The molecule has 80 valence electrons. The van der Waals surface area contributed by atoms with E-state index in [9.17, 15) is 4.79 Å². The number of rotatable bonds is 3. The number of ether oxygens (including phenoxy) is 1. The van der Waals surface area contributed by atoms with Crippen LogP contribution >= 0.6 is 0 Å². The van der Waals surface area contributed by atoms with E-state index >= 15 is 0 Å². The van der Waals surface area contributed by atoms with Crippen LogP contribution in [-0.4, -0.2) is 12.9 Å². The van der Waals surface area contributed by atoms with Crippen LogP contribution in [0.15, 0.2) is 23.8 Å². The van der Waals surface area contributed by atoms with Crippen LogP contribution < -0.4 is 4.74 Å². The zero-order valence-corrected chi connectivity index (χ0v) is 8.99. The van der Waals surface area contributed by atoms with Crippen LogP contribution in [0.2, 0.25) is 0 Å².